The number of nitrogens with zero attached hydrogens (tertiary/aromatic N) is 1. The Morgan fingerprint density at radius 1 is 1.14 bits per heavy atom. The largest absolute Gasteiger partial charge is 0.377 e. The number of anilines is 2. The molecule has 0 spiro atoms. The molecule has 3 nitrogen and oxygen atoms in total. The molecule has 0 aromatic heterocycles. The van der Waals surface area contributed by atoms with Crippen LogP contribution in [-0.2, 0) is 5.33 Å². The van der Waals surface area contributed by atoms with Crippen molar-refractivity contribution in [3.05, 3.63) is 59.2 Å². The van der Waals surface area contributed by atoms with Crippen LogP contribution in [-0.4, -0.2) is 20.0 Å². The molecule has 2 rings (SSSR count). The van der Waals surface area contributed by atoms with E-state index in [1.807, 2.05) is 61.5 Å². The molecule has 1 amide bonds. The third-order valence-electron chi connectivity index (χ3n) is 3.32. The quantitative estimate of drug-likeness (QED) is 0.841. The van der Waals surface area contributed by atoms with E-state index >= 15 is 0 Å². The predicted octanol–water partition coefficient (Wildman–Crippen LogP) is 4.21. The minimum Gasteiger partial charge on any atom is -0.377 e. The zero-order valence-corrected chi connectivity index (χ0v) is 14.1. The van der Waals surface area contributed by atoms with Gasteiger partial charge in [0.05, 0.1) is 0 Å². The van der Waals surface area contributed by atoms with Gasteiger partial charge in [-0.15, -0.1) is 0 Å². The van der Waals surface area contributed by atoms with Crippen LogP contribution in [0.15, 0.2) is 42.5 Å². The lowest BCUT2D eigenvalue weighted by molar-refractivity contribution is 0.102. The number of hydrogen-bond acceptors (Lipinski definition) is 2. The first-order valence-corrected chi connectivity index (χ1v) is 7.87. The van der Waals surface area contributed by atoms with Gasteiger partial charge in [-0.25, -0.2) is 0 Å². The van der Waals surface area contributed by atoms with E-state index in [2.05, 4.69) is 28.2 Å². The molecule has 0 aliphatic heterocycles. The lowest BCUT2D eigenvalue weighted by atomic mass is 10.1. The fourth-order valence-corrected chi connectivity index (χ4v) is 2.49. The van der Waals surface area contributed by atoms with Crippen molar-refractivity contribution in [2.24, 2.45) is 0 Å². The summed E-state index contributed by atoms with van der Waals surface area (Å²) in [5, 5.41) is 3.73. The van der Waals surface area contributed by atoms with Crippen LogP contribution >= 0.6 is 15.9 Å². The Balaban J connectivity index is 2.17. The third-order valence-corrected chi connectivity index (χ3v) is 3.97. The van der Waals surface area contributed by atoms with E-state index in [-0.39, 0.29) is 5.91 Å². The van der Waals surface area contributed by atoms with Crippen LogP contribution in [0.2, 0.25) is 0 Å². The molecule has 2 aromatic rings. The second-order valence-corrected chi connectivity index (χ2v) is 5.74. The minimum absolute atomic E-state index is 0.0929. The third kappa shape index (κ3) is 3.85. The molecule has 0 heterocycles. The Morgan fingerprint density at radius 2 is 1.81 bits per heavy atom. The van der Waals surface area contributed by atoms with E-state index in [9.17, 15) is 4.79 Å². The van der Waals surface area contributed by atoms with E-state index < -0.39 is 0 Å². The highest BCUT2D eigenvalue weighted by atomic mass is 79.9. The van der Waals surface area contributed by atoms with Gasteiger partial charge in [-0.05, 0) is 42.3 Å². The summed E-state index contributed by atoms with van der Waals surface area (Å²) in [6.07, 6.45) is 0. The molecular formula is C17H19BrN2O. The SMILES string of the molecule is Cc1ccc(NC(=O)c2ccc(CBr)cc2)cc1N(C)C. The minimum atomic E-state index is -0.0929. The lowest BCUT2D eigenvalue weighted by Gasteiger charge is -2.17. The summed E-state index contributed by atoms with van der Waals surface area (Å²) in [6, 6.07) is 13.5. The number of carbonyl (C=O) groups is 1. The van der Waals surface area contributed by atoms with E-state index in [4.69, 9.17) is 0 Å². The Kier molecular flexibility index (Phi) is 5.02. The lowest BCUT2D eigenvalue weighted by Crippen LogP contribution is -2.14. The smallest absolute Gasteiger partial charge is 0.255 e. The van der Waals surface area contributed by atoms with Crippen LogP contribution in [0.1, 0.15) is 21.5 Å². The maximum Gasteiger partial charge on any atom is 0.255 e. The molecule has 0 bridgehead atoms. The number of amides is 1. The van der Waals surface area contributed by atoms with Gasteiger partial charge >= 0.3 is 0 Å². The van der Waals surface area contributed by atoms with Crippen LogP contribution in [0.3, 0.4) is 0 Å². The van der Waals surface area contributed by atoms with Crippen molar-refractivity contribution in [3.8, 4) is 0 Å². The monoisotopic (exact) mass is 346 g/mol. The van der Waals surface area contributed by atoms with Crippen molar-refractivity contribution in [2.45, 2.75) is 12.3 Å². The molecule has 110 valence electrons. The molecule has 0 aliphatic carbocycles. The summed E-state index contributed by atoms with van der Waals surface area (Å²) in [7, 11) is 3.99. The van der Waals surface area contributed by atoms with Crippen molar-refractivity contribution >= 4 is 33.2 Å². The maximum absolute atomic E-state index is 12.2. The van der Waals surface area contributed by atoms with Crippen LogP contribution in [0, 0.1) is 6.92 Å². The summed E-state index contributed by atoms with van der Waals surface area (Å²) < 4.78 is 0. The highest BCUT2D eigenvalue weighted by molar-refractivity contribution is 9.08. The van der Waals surface area contributed by atoms with Crippen LogP contribution in [0.25, 0.3) is 0 Å². The second kappa shape index (κ2) is 6.76. The van der Waals surface area contributed by atoms with Crippen molar-refractivity contribution in [1.82, 2.24) is 0 Å². The first kappa shape index (κ1) is 15.6. The number of hydrogen-bond donors (Lipinski definition) is 1. The average molecular weight is 347 g/mol. The summed E-state index contributed by atoms with van der Waals surface area (Å²) in [5.41, 5.74) is 4.89. The van der Waals surface area contributed by atoms with E-state index in [1.54, 1.807) is 0 Å². The molecule has 2 aromatic carbocycles. The van der Waals surface area contributed by atoms with Crippen LogP contribution in [0.4, 0.5) is 11.4 Å². The molecule has 21 heavy (non-hydrogen) atoms. The van der Waals surface area contributed by atoms with Gasteiger partial charge in [-0.1, -0.05) is 34.1 Å². The molecule has 0 aliphatic rings. The van der Waals surface area contributed by atoms with Crippen molar-refractivity contribution in [2.75, 3.05) is 24.3 Å². The first-order chi connectivity index (χ1) is 10.0. The molecular weight excluding hydrogens is 328 g/mol. The number of nitrogens with one attached hydrogen (secondary N) is 1. The summed E-state index contributed by atoms with van der Waals surface area (Å²) in [6.45, 7) is 2.06. The Morgan fingerprint density at radius 3 is 2.38 bits per heavy atom. The van der Waals surface area contributed by atoms with Crippen LogP contribution in [0.5, 0.6) is 0 Å². The van der Waals surface area contributed by atoms with E-state index in [0.29, 0.717) is 5.56 Å². The Bertz CT molecular complexity index is 636. The van der Waals surface area contributed by atoms with Crippen LogP contribution < -0.4 is 10.2 Å². The Hall–Kier alpha value is -1.81. The molecule has 4 heteroatoms. The number of halogens is 1. The standard InChI is InChI=1S/C17H19BrN2O/c1-12-4-9-15(10-16(12)20(2)3)19-17(21)14-7-5-13(11-18)6-8-14/h4-10H,11H2,1-3H3,(H,19,21). The number of aryl methyl sites for hydroxylation is 1. The zero-order chi connectivity index (χ0) is 15.4. The highest BCUT2D eigenvalue weighted by Crippen LogP contribution is 2.23. The molecule has 0 saturated carbocycles. The zero-order valence-electron chi connectivity index (χ0n) is 12.5. The van der Waals surface area contributed by atoms with Gasteiger partial charge in [-0.3, -0.25) is 4.79 Å². The molecule has 1 N–H and O–H groups in total. The summed E-state index contributed by atoms with van der Waals surface area (Å²) in [5.74, 6) is -0.0929. The predicted molar refractivity (Wildman–Crippen MR) is 92.5 cm³/mol. The number of rotatable bonds is 4. The van der Waals surface area contributed by atoms with Gasteiger partial charge in [0.15, 0.2) is 0 Å². The summed E-state index contributed by atoms with van der Waals surface area (Å²) in [4.78, 5) is 14.3. The normalized spacial score (nSPS) is 10.3. The second-order valence-electron chi connectivity index (χ2n) is 5.18. The van der Waals surface area contributed by atoms with Gasteiger partial charge in [0.25, 0.3) is 5.91 Å². The number of alkyl halides is 1. The number of benzene rings is 2. The highest BCUT2D eigenvalue weighted by Gasteiger charge is 2.08. The fourth-order valence-electron chi connectivity index (χ4n) is 2.12. The molecule has 0 saturated heterocycles. The first-order valence-electron chi connectivity index (χ1n) is 6.75. The fraction of sp³-hybridized carbons (Fsp3) is 0.235. The molecule has 0 fully saturated rings. The summed E-state index contributed by atoms with van der Waals surface area (Å²) >= 11 is 3.40. The molecule has 0 unspecified atom stereocenters. The van der Waals surface area contributed by atoms with Gasteiger partial charge in [0.1, 0.15) is 0 Å². The topological polar surface area (TPSA) is 32.3 Å². The number of carbonyl (C=O) groups excluding carboxylic acids is 1. The van der Waals surface area contributed by atoms with E-state index in [0.717, 1.165) is 22.3 Å². The van der Waals surface area contributed by atoms with Gasteiger partial charge in [0.2, 0.25) is 0 Å². The van der Waals surface area contributed by atoms with Gasteiger partial charge in [0, 0.05) is 36.4 Å². The van der Waals surface area contributed by atoms with E-state index in [1.165, 1.54) is 5.56 Å². The van der Waals surface area contributed by atoms with Crippen molar-refractivity contribution in [1.29, 1.82) is 0 Å². The van der Waals surface area contributed by atoms with Crippen molar-refractivity contribution in [3.63, 3.8) is 0 Å². The maximum atomic E-state index is 12.2. The average Bonchev–Trinajstić information content (AvgIpc) is 2.49. The molecule has 0 atom stereocenters. The molecule has 0 radical (unpaired) electrons. The van der Waals surface area contributed by atoms with Crippen molar-refractivity contribution < 1.29 is 4.79 Å². The van der Waals surface area contributed by atoms with Gasteiger partial charge in [-0.2, -0.15) is 0 Å². The van der Waals surface area contributed by atoms with Gasteiger partial charge < -0.3 is 10.2 Å². The Labute approximate surface area is 134 Å².